The topological polar surface area (TPSA) is 70.4 Å². The van der Waals surface area contributed by atoms with Gasteiger partial charge in [-0.1, -0.05) is 26.8 Å². The lowest BCUT2D eigenvalue weighted by atomic mass is 9.92. The number of allylic oxidation sites excluding steroid dienone is 8. The molecule has 0 aromatic rings. The lowest BCUT2D eigenvalue weighted by molar-refractivity contribution is 0.0952. The van der Waals surface area contributed by atoms with E-state index in [0.717, 1.165) is 11.3 Å². The highest BCUT2D eigenvalue weighted by atomic mass is 16.5. The number of nitriles is 2. The first-order valence-corrected chi connectivity index (χ1v) is 8.85. The maximum Gasteiger partial charge on any atom is 0.304 e. The van der Waals surface area contributed by atoms with Crippen LogP contribution in [-0.2, 0) is 9.47 Å². The molecule has 2 rings (SSSR count). The minimum absolute atomic E-state index is 0.0219. The van der Waals surface area contributed by atoms with Crippen LogP contribution in [0.25, 0.3) is 4.85 Å². The lowest BCUT2D eigenvalue weighted by Gasteiger charge is -2.22. The van der Waals surface area contributed by atoms with Gasteiger partial charge in [0.1, 0.15) is 23.2 Å². The van der Waals surface area contributed by atoms with Gasteiger partial charge < -0.3 is 9.47 Å². The van der Waals surface area contributed by atoms with Crippen LogP contribution in [0.15, 0.2) is 70.1 Å². The number of hydrogen-bond donors (Lipinski definition) is 0. The summed E-state index contributed by atoms with van der Waals surface area (Å²) in [6, 6.07) is 3.90. The van der Waals surface area contributed by atoms with Crippen LogP contribution in [0.4, 0.5) is 0 Å². The number of hydrogen-bond acceptors (Lipinski definition) is 4. The molecule has 0 saturated heterocycles. The minimum Gasteiger partial charge on any atom is -0.492 e. The Bertz CT molecular complexity index is 986. The summed E-state index contributed by atoms with van der Waals surface area (Å²) in [6.45, 7) is 19.0. The van der Waals surface area contributed by atoms with E-state index in [1.54, 1.807) is 6.07 Å². The zero-order chi connectivity index (χ0) is 21.1. The summed E-state index contributed by atoms with van der Waals surface area (Å²) in [5.74, 6) is 1.47. The molecule has 0 bridgehead atoms. The van der Waals surface area contributed by atoms with Crippen LogP contribution in [0.2, 0.25) is 0 Å². The molecule has 0 spiro atoms. The average Bonchev–Trinajstić information content (AvgIpc) is 2.83. The van der Waals surface area contributed by atoms with Crippen molar-refractivity contribution in [3.05, 3.63) is 81.5 Å². The van der Waals surface area contributed by atoms with E-state index in [4.69, 9.17) is 16.0 Å². The molecule has 0 atom stereocenters. The Balaban J connectivity index is 2.60. The summed E-state index contributed by atoms with van der Waals surface area (Å²) in [6.07, 6.45) is 9.59. The molecule has 0 unspecified atom stereocenters. The summed E-state index contributed by atoms with van der Waals surface area (Å²) in [5, 5.41) is 18.8. The Morgan fingerprint density at radius 1 is 1.25 bits per heavy atom. The molecule has 0 aromatic heterocycles. The Morgan fingerprint density at radius 2 is 1.93 bits per heavy atom. The van der Waals surface area contributed by atoms with E-state index in [2.05, 4.69) is 37.8 Å². The molecular weight excluding hydrogens is 350 g/mol. The first kappa shape index (κ1) is 20.8. The van der Waals surface area contributed by atoms with Gasteiger partial charge in [-0.2, -0.15) is 5.26 Å². The third-order valence-electron chi connectivity index (χ3n) is 4.06. The SMILES string of the molecule is [C-]#[N+]/C(C#N)=C1\OC(C)(C)C(/C=C2/C=C(C)OC(/C=C/C(C)(C)C)=C2)=C1C#N. The van der Waals surface area contributed by atoms with E-state index in [1.807, 2.05) is 45.1 Å². The highest BCUT2D eigenvalue weighted by Gasteiger charge is 2.38. The first-order valence-electron chi connectivity index (χ1n) is 8.85. The van der Waals surface area contributed by atoms with Crippen molar-refractivity contribution in [2.24, 2.45) is 5.41 Å². The molecule has 0 radical (unpaired) electrons. The van der Waals surface area contributed by atoms with Crippen molar-refractivity contribution in [1.82, 2.24) is 0 Å². The second-order valence-electron chi connectivity index (χ2n) is 8.16. The van der Waals surface area contributed by atoms with Gasteiger partial charge in [-0.3, -0.25) is 0 Å². The summed E-state index contributed by atoms with van der Waals surface area (Å²) >= 11 is 0. The van der Waals surface area contributed by atoms with E-state index in [1.165, 1.54) is 0 Å². The first-order chi connectivity index (χ1) is 13.0. The predicted octanol–water partition coefficient (Wildman–Crippen LogP) is 5.62. The molecule has 142 valence electrons. The number of nitrogens with zero attached hydrogens (tertiary/aromatic N) is 3. The van der Waals surface area contributed by atoms with Crippen LogP contribution in [0.3, 0.4) is 0 Å². The zero-order valence-electron chi connectivity index (χ0n) is 17.0. The summed E-state index contributed by atoms with van der Waals surface area (Å²) < 4.78 is 11.6. The predicted molar refractivity (Wildman–Crippen MR) is 107 cm³/mol. The van der Waals surface area contributed by atoms with Crippen LogP contribution in [-0.4, -0.2) is 5.60 Å². The smallest absolute Gasteiger partial charge is 0.304 e. The molecule has 0 N–H and O–H groups in total. The summed E-state index contributed by atoms with van der Waals surface area (Å²) in [4.78, 5) is 3.19. The van der Waals surface area contributed by atoms with Crippen LogP contribution >= 0.6 is 0 Å². The van der Waals surface area contributed by atoms with Gasteiger partial charge in [0, 0.05) is 5.57 Å². The molecule has 2 aliphatic rings. The highest BCUT2D eigenvalue weighted by molar-refractivity contribution is 5.60. The summed E-state index contributed by atoms with van der Waals surface area (Å²) in [5.41, 5.74) is 0.643. The van der Waals surface area contributed by atoms with Crippen molar-refractivity contribution in [2.45, 2.75) is 47.1 Å². The zero-order valence-corrected chi connectivity index (χ0v) is 17.0. The molecule has 5 nitrogen and oxygen atoms in total. The third kappa shape index (κ3) is 4.61. The van der Waals surface area contributed by atoms with Gasteiger partial charge in [0.05, 0.1) is 18.2 Å². The number of ether oxygens (including phenoxy) is 2. The molecule has 0 aliphatic carbocycles. The van der Waals surface area contributed by atoms with E-state index in [-0.39, 0.29) is 22.4 Å². The lowest BCUT2D eigenvalue weighted by Crippen LogP contribution is -2.21. The Morgan fingerprint density at radius 3 is 2.46 bits per heavy atom. The maximum absolute atomic E-state index is 9.66. The molecule has 0 saturated carbocycles. The Labute approximate surface area is 166 Å². The second-order valence-corrected chi connectivity index (χ2v) is 8.16. The van der Waals surface area contributed by atoms with Crippen molar-refractivity contribution in [3.63, 3.8) is 0 Å². The van der Waals surface area contributed by atoms with Crippen molar-refractivity contribution in [3.8, 4) is 12.1 Å². The molecular formula is C23H23N3O2. The van der Waals surface area contributed by atoms with E-state index in [0.29, 0.717) is 11.3 Å². The largest absolute Gasteiger partial charge is 0.492 e. The minimum atomic E-state index is -0.838. The van der Waals surface area contributed by atoms with Crippen molar-refractivity contribution in [1.29, 1.82) is 10.5 Å². The molecule has 0 fully saturated rings. The normalized spacial score (nSPS) is 21.9. The van der Waals surface area contributed by atoms with Crippen LogP contribution < -0.4 is 0 Å². The standard InChI is InChI=1S/C23H23N3O2/c1-15-10-16(11-17(27-15)8-9-22(2,3)4)12-19-18(13-24)21(20(14-25)26-7)28-23(19,5)6/h8-12H,1-6H3/b9-8+,16-12-,21-20-. The highest BCUT2D eigenvalue weighted by Crippen LogP contribution is 2.41. The summed E-state index contributed by atoms with van der Waals surface area (Å²) in [7, 11) is 0. The molecule has 2 aliphatic heterocycles. The van der Waals surface area contributed by atoms with Crippen molar-refractivity contribution < 1.29 is 9.47 Å². The van der Waals surface area contributed by atoms with E-state index in [9.17, 15) is 10.5 Å². The molecule has 0 aromatic carbocycles. The fraction of sp³-hybridized carbons (Fsp3) is 0.348. The Hall–Kier alpha value is -3.49. The van der Waals surface area contributed by atoms with E-state index < -0.39 is 5.60 Å². The number of rotatable bonds is 2. The molecule has 5 heteroatoms. The molecule has 0 amide bonds. The van der Waals surface area contributed by atoms with Gasteiger partial charge in [0.25, 0.3) is 0 Å². The van der Waals surface area contributed by atoms with E-state index >= 15 is 0 Å². The maximum atomic E-state index is 9.66. The van der Waals surface area contributed by atoms with Gasteiger partial charge >= 0.3 is 5.70 Å². The average molecular weight is 373 g/mol. The van der Waals surface area contributed by atoms with Gasteiger partial charge in [-0.25, -0.2) is 10.1 Å². The monoisotopic (exact) mass is 373 g/mol. The molecule has 2 heterocycles. The van der Waals surface area contributed by atoms with Gasteiger partial charge in [0.15, 0.2) is 5.76 Å². The Kier molecular flexibility index (Phi) is 5.67. The van der Waals surface area contributed by atoms with Crippen LogP contribution in [0, 0.1) is 34.6 Å². The van der Waals surface area contributed by atoms with Crippen molar-refractivity contribution >= 4 is 0 Å². The van der Waals surface area contributed by atoms with Crippen LogP contribution in [0.1, 0.15) is 41.5 Å². The van der Waals surface area contributed by atoms with Crippen molar-refractivity contribution in [2.75, 3.05) is 0 Å². The van der Waals surface area contributed by atoms with Crippen LogP contribution in [0.5, 0.6) is 0 Å². The van der Waals surface area contributed by atoms with Gasteiger partial charge in [-0.05, 0) is 56.1 Å². The quantitative estimate of drug-likeness (QED) is 0.465. The fourth-order valence-corrected chi connectivity index (χ4v) is 2.78. The van der Waals surface area contributed by atoms with Gasteiger partial charge in [-0.15, -0.1) is 0 Å². The fourth-order valence-electron chi connectivity index (χ4n) is 2.78. The van der Waals surface area contributed by atoms with Gasteiger partial charge in [0.2, 0.25) is 0 Å². The molecule has 28 heavy (non-hydrogen) atoms. The second kappa shape index (κ2) is 7.63. The third-order valence-corrected chi connectivity index (χ3v) is 4.06.